The highest BCUT2D eigenvalue weighted by Crippen LogP contribution is 2.40. The van der Waals surface area contributed by atoms with Crippen molar-refractivity contribution in [1.82, 2.24) is 15.0 Å². The highest BCUT2D eigenvalue weighted by Gasteiger charge is 2.37. The van der Waals surface area contributed by atoms with Crippen LogP contribution in [0.5, 0.6) is 0 Å². The van der Waals surface area contributed by atoms with E-state index in [0.29, 0.717) is 30.0 Å². The predicted molar refractivity (Wildman–Crippen MR) is 96.8 cm³/mol. The van der Waals surface area contributed by atoms with E-state index in [1.54, 1.807) is 18.3 Å². The van der Waals surface area contributed by atoms with Gasteiger partial charge in [-0.25, -0.2) is 14.4 Å². The van der Waals surface area contributed by atoms with Gasteiger partial charge in [0.15, 0.2) is 5.82 Å². The van der Waals surface area contributed by atoms with Gasteiger partial charge < -0.3 is 16.2 Å². The van der Waals surface area contributed by atoms with Gasteiger partial charge in [0.25, 0.3) is 0 Å². The summed E-state index contributed by atoms with van der Waals surface area (Å²) >= 11 is 0. The van der Waals surface area contributed by atoms with Gasteiger partial charge in [-0.2, -0.15) is 0 Å². The molecule has 0 spiro atoms. The van der Waals surface area contributed by atoms with Crippen LogP contribution in [0.15, 0.2) is 24.5 Å². The third-order valence-corrected chi connectivity index (χ3v) is 5.54. The van der Waals surface area contributed by atoms with Crippen LogP contribution in [-0.2, 0) is 5.60 Å². The fraction of sp³-hybridized carbons (Fsp3) is 0.526. The Morgan fingerprint density at radius 1 is 1.19 bits per heavy atom. The van der Waals surface area contributed by atoms with Crippen molar-refractivity contribution >= 4 is 5.95 Å². The monoisotopic (exact) mass is 357 g/mol. The lowest BCUT2D eigenvalue weighted by Gasteiger charge is -2.36. The largest absolute Gasteiger partial charge is 0.384 e. The van der Waals surface area contributed by atoms with Crippen LogP contribution >= 0.6 is 0 Å². The summed E-state index contributed by atoms with van der Waals surface area (Å²) in [4.78, 5) is 12.7. The van der Waals surface area contributed by atoms with Crippen molar-refractivity contribution in [2.45, 2.75) is 62.6 Å². The van der Waals surface area contributed by atoms with Crippen LogP contribution in [0.2, 0.25) is 0 Å². The Hall–Kier alpha value is -2.12. The van der Waals surface area contributed by atoms with Crippen LogP contribution in [-0.4, -0.2) is 32.1 Å². The Balaban J connectivity index is 1.57. The van der Waals surface area contributed by atoms with Crippen molar-refractivity contribution in [3.05, 3.63) is 36.0 Å². The van der Waals surface area contributed by atoms with E-state index >= 15 is 0 Å². The number of hydrogen-bond donors (Lipinski definition) is 3. The first-order valence-electron chi connectivity index (χ1n) is 9.27. The number of nitrogens with zero attached hydrogens (tertiary/aromatic N) is 3. The summed E-state index contributed by atoms with van der Waals surface area (Å²) in [5.41, 5.74) is 6.46. The number of hydrogen-bond acceptors (Lipinski definition) is 6. The quantitative estimate of drug-likeness (QED) is 0.778. The number of anilines is 1. The summed E-state index contributed by atoms with van der Waals surface area (Å²) in [7, 11) is 0. The van der Waals surface area contributed by atoms with Crippen molar-refractivity contribution in [1.29, 1.82) is 0 Å². The molecule has 2 aliphatic carbocycles. The van der Waals surface area contributed by atoms with Crippen LogP contribution in [0.4, 0.5) is 10.3 Å². The standard InChI is InChI=1S/C19H24FN5O/c20-15-11-23-18(24-14-4-2-13(21)3-5-14)25-17(15)12-6-9-22-16(10-12)19(26)7-1-8-19/h6,9-11,13-14,26H,1-5,7-8,21H2,(H,23,24,25)/t13-,14-. The molecule has 6 nitrogen and oxygen atoms in total. The molecule has 26 heavy (non-hydrogen) atoms. The van der Waals surface area contributed by atoms with Crippen LogP contribution in [0.25, 0.3) is 11.3 Å². The topological polar surface area (TPSA) is 97.0 Å². The van der Waals surface area contributed by atoms with Crippen molar-refractivity contribution in [2.75, 3.05) is 5.32 Å². The van der Waals surface area contributed by atoms with Gasteiger partial charge in [-0.15, -0.1) is 0 Å². The van der Waals surface area contributed by atoms with E-state index in [-0.39, 0.29) is 17.8 Å². The van der Waals surface area contributed by atoms with E-state index in [4.69, 9.17) is 5.73 Å². The Kier molecular flexibility index (Phi) is 4.58. The van der Waals surface area contributed by atoms with Gasteiger partial charge in [0.2, 0.25) is 5.95 Å². The molecule has 2 heterocycles. The number of nitrogens with two attached hydrogens (primary N) is 1. The summed E-state index contributed by atoms with van der Waals surface area (Å²) in [6.07, 6.45) is 9.00. The van der Waals surface area contributed by atoms with Gasteiger partial charge >= 0.3 is 0 Å². The van der Waals surface area contributed by atoms with E-state index in [1.807, 2.05) is 0 Å². The minimum absolute atomic E-state index is 0.224. The van der Waals surface area contributed by atoms with Gasteiger partial charge in [0.1, 0.15) is 11.3 Å². The minimum Gasteiger partial charge on any atom is -0.384 e. The molecule has 2 aliphatic rings. The molecule has 2 fully saturated rings. The second-order valence-corrected chi connectivity index (χ2v) is 7.46. The maximum Gasteiger partial charge on any atom is 0.223 e. The average Bonchev–Trinajstić information content (AvgIpc) is 2.63. The first-order chi connectivity index (χ1) is 12.5. The minimum atomic E-state index is -0.887. The Morgan fingerprint density at radius 3 is 2.65 bits per heavy atom. The summed E-state index contributed by atoms with van der Waals surface area (Å²) in [5, 5.41) is 13.8. The number of aromatic nitrogens is 3. The van der Waals surface area contributed by atoms with E-state index in [2.05, 4.69) is 20.3 Å². The summed E-state index contributed by atoms with van der Waals surface area (Å²) in [6, 6.07) is 3.97. The molecule has 0 atom stereocenters. The smallest absolute Gasteiger partial charge is 0.223 e. The number of aliphatic hydroxyl groups is 1. The third-order valence-electron chi connectivity index (χ3n) is 5.54. The third kappa shape index (κ3) is 3.41. The SMILES string of the molecule is N[C@H]1CC[C@H](Nc2ncc(F)c(-c3ccnc(C4(O)CCC4)c3)n2)CC1. The number of halogens is 1. The lowest BCUT2D eigenvalue weighted by Crippen LogP contribution is -2.34. The lowest BCUT2D eigenvalue weighted by molar-refractivity contribution is -0.0425. The first-order valence-corrected chi connectivity index (χ1v) is 9.27. The molecular formula is C19H24FN5O. The van der Waals surface area contributed by atoms with Crippen molar-refractivity contribution < 1.29 is 9.50 Å². The maximum atomic E-state index is 14.4. The molecule has 0 saturated heterocycles. The first kappa shape index (κ1) is 17.3. The molecule has 2 saturated carbocycles. The second-order valence-electron chi connectivity index (χ2n) is 7.46. The second kappa shape index (κ2) is 6.89. The van der Waals surface area contributed by atoms with Crippen molar-refractivity contribution in [2.24, 2.45) is 5.73 Å². The number of pyridine rings is 1. The Morgan fingerprint density at radius 2 is 1.96 bits per heavy atom. The molecule has 2 aromatic rings. The summed E-state index contributed by atoms with van der Waals surface area (Å²) in [5.74, 6) is -0.0680. The molecule has 7 heteroatoms. The van der Waals surface area contributed by atoms with Gasteiger partial charge in [-0.1, -0.05) is 0 Å². The zero-order chi connectivity index (χ0) is 18.1. The molecule has 0 unspecified atom stereocenters. The fourth-order valence-corrected chi connectivity index (χ4v) is 3.69. The molecule has 0 aromatic carbocycles. The molecule has 4 N–H and O–H groups in total. The lowest BCUT2D eigenvalue weighted by atomic mass is 9.77. The number of nitrogens with one attached hydrogen (secondary N) is 1. The Labute approximate surface area is 152 Å². The average molecular weight is 357 g/mol. The molecule has 0 aliphatic heterocycles. The molecular weight excluding hydrogens is 333 g/mol. The fourth-order valence-electron chi connectivity index (χ4n) is 3.69. The normalized spacial score (nSPS) is 24.7. The maximum absolute atomic E-state index is 14.4. The highest BCUT2D eigenvalue weighted by atomic mass is 19.1. The van der Waals surface area contributed by atoms with Gasteiger partial charge in [-0.3, -0.25) is 4.98 Å². The van der Waals surface area contributed by atoms with E-state index in [0.717, 1.165) is 32.1 Å². The molecule has 0 amide bonds. The van der Waals surface area contributed by atoms with Crippen LogP contribution in [0, 0.1) is 5.82 Å². The molecule has 2 aromatic heterocycles. The van der Waals surface area contributed by atoms with Gasteiger partial charge in [0.05, 0.1) is 11.9 Å². The summed E-state index contributed by atoms with van der Waals surface area (Å²) in [6.45, 7) is 0. The van der Waals surface area contributed by atoms with Crippen molar-refractivity contribution in [3.8, 4) is 11.3 Å². The zero-order valence-electron chi connectivity index (χ0n) is 14.7. The Bertz CT molecular complexity index is 787. The van der Waals surface area contributed by atoms with Crippen molar-refractivity contribution in [3.63, 3.8) is 0 Å². The highest BCUT2D eigenvalue weighted by molar-refractivity contribution is 5.61. The molecule has 0 bridgehead atoms. The van der Waals surface area contributed by atoms with E-state index in [1.165, 1.54) is 6.20 Å². The van der Waals surface area contributed by atoms with Crippen LogP contribution in [0.3, 0.4) is 0 Å². The van der Waals surface area contributed by atoms with Crippen LogP contribution in [0.1, 0.15) is 50.6 Å². The van der Waals surface area contributed by atoms with Gasteiger partial charge in [-0.05, 0) is 57.1 Å². The zero-order valence-corrected chi connectivity index (χ0v) is 14.7. The molecule has 138 valence electrons. The molecule has 4 rings (SSSR count). The van der Waals surface area contributed by atoms with Crippen LogP contribution < -0.4 is 11.1 Å². The number of rotatable bonds is 4. The van der Waals surface area contributed by atoms with Gasteiger partial charge in [0, 0.05) is 23.8 Å². The predicted octanol–water partition coefficient (Wildman–Crippen LogP) is 2.73. The van der Waals surface area contributed by atoms with E-state index < -0.39 is 11.4 Å². The summed E-state index contributed by atoms with van der Waals surface area (Å²) < 4.78 is 14.4. The van der Waals surface area contributed by atoms with E-state index in [9.17, 15) is 9.50 Å². The molecule has 0 radical (unpaired) electrons.